The Balaban J connectivity index is 1.81. The Kier molecular flexibility index (Phi) is 9.23. The van der Waals surface area contributed by atoms with Crippen molar-refractivity contribution in [2.24, 2.45) is 0 Å². The Morgan fingerprint density at radius 2 is 1.44 bits per heavy atom. The van der Waals surface area contributed by atoms with Gasteiger partial charge in [-0.15, -0.1) is 0 Å². The van der Waals surface area contributed by atoms with E-state index in [4.69, 9.17) is 0 Å². The fourth-order valence-corrected chi connectivity index (χ4v) is 3.22. The smallest absolute Gasteiger partial charge is 0.139 e. The maximum absolute atomic E-state index is 11.1. The average molecular weight is 268 g/mol. The molecule has 104 valence electrons. The van der Waals surface area contributed by atoms with Crippen LogP contribution in [0, 0.1) is 0 Å². The Morgan fingerprint density at radius 3 is 1.94 bits per heavy atom. The Bertz CT molecular complexity index is 293. The van der Waals surface area contributed by atoms with Crippen LogP contribution in [0.5, 0.6) is 0 Å². The van der Waals surface area contributed by atoms with E-state index in [1.807, 2.05) is 11.4 Å². The summed E-state index contributed by atoms with van der Waals surface area (Å²) in [5.74, 6) is 0. The summed E-state index contributed by atoms with van der Waals surface area (Å²) in [6.45, 7) is 2.27. The molecule has 0 aliphatic rings. The van der Waals surface area contributed by atoms with Gasteiger partial charge in [0.2, 0.25) is 0 Å². The minimum Gasteiger partial charge on any atom is -0.591 e. The topological polar surface area (TPSA) is 23.1 Å². The predicted molar refractivity (Wildman–Crippen MR) is 80.6 cm³/mol. The van der Waals surface area contributed by atoms with Crippen molar-refractivity contribution in [3.8, 4) is 0 Å². The van der Waals surface area contributed by atoms with Crippen molar-refractivity contribution in [2.75, 3.05) is 0 Å². The summed E-state index contributed by atoms with van der Waals surface area (Å²) in [5, 5.41) is 3.67. The molecule has 0 aromatic carbocycles. The summed E-state index contributed by atoms with van der Waals surface area (Å²) in [7, 11) is -0.810. The van der Waals surface area contributed by atoms with Crippen molar-refractivity contribution in [1.29, 1.82) is 0 Å². The summed E-state index contributed by atoms with van der Waals surface area (Å²) < 4.78 is 11.1. The second-order valence-electron chi connectivity index (χ2n) is 5.26. The summed E-state index contributed by atoms with van der Waals surface area (Å²) in [4.78, 5) is 0. The number of hydrogen-bond donors (Lipinski definition) is 0. The lowest BCUT2D eigenvalue weighted by Gasteiger charge is -2.01. The van der Waals surface area contributed by atoms with Crippen LogP contribution in [0.25, 0.3) is 0 Å². The Morgan fingerprint density at radius 1 is 0.889 bits per heavy atom. The van der Waals surface area contributed by atoms with Crippen molar-refractivity contribution in [2.45, 2.75) is 77.6 Å². The number of rotatable bonds is 11. The van der Waals surface area contributed by atoms with Crippen molar-refractivity contribution in [1.82, 2.24) is 0 Å². The normalized spacial score (nSPS) is 12.0. The molecule has 1 aromatic rings. The van der Waals surface area contributed by atoms with Crippen LogP contribution in [-0.2, 0) is 6.42 Å². The third-order valence-electron chi connectivity index (χ3n) is 3.50. The van der Waals surface area contributed by atoms with Gasteiger partial charge >= 0.3 is 0 Å². The number of unbranched alkanes of at least 4 members (excludes halogenated alkanes) is 9. The molecule has 1 rings (SSSR count). The molecule has 1 atom stereocenters. The fraction of sp³-hybridized carbons (Fsp3) is 0.750. The van der Waals surface area contributed by atoms with Crippen molar-refractivity contribution >= 4 is 10.8 Å². The summed E-state index contributed by atoms with van der Waals surface area (Å²) in [6, 6.07) is 2.02. The number of aryl methyl sites for hydroxylation is 1. The van der Waals surface area contributed by atoms with Gasteiger partial charge in [0.25, 0.3) is 0 Å². The summed E-state index contributed by atoms with van der Waals surface area (Å²) in [5.41, 5.74) is 1.27. The van der Waals surface area contributed by atoms with E-state index < -0.39 is 10.8 Å². The van der Waals surface area contributed by atoms with Crippen LogP contribution < -0.4 is 0 Å². The van der Waals surface area contributed by atoms with Gasteiger partial charge in [0.1, 0.15) is 10.8 Å². The van der Waals surface area contributed by atoms with Gasteiger partial charge in [0.15, 0.2) is 0 Å². The SMILES string of the molecule is CCCCCCCCCCCCc1cc[s+]([O-])c1. The molecule has 1 nitrogen and oxygen atoms in total. The Hall–Kier alpha value is -0.340. The third kappa shape index (κ3) is 7.88. The molecule has 0 amide bonds. The summed E-state index contributed by atoms with van der Waals surface area (Å²) in [6.07, 6.45) is 14.9. The Labute approximate surface area is 115 Å². The van der Waals surface area contributed by atoms with Gasteiger partial charge in [0.05, 0.1) is 0 Å². The highest BCUT2D eigenvalue weighted by Gasteiger charge is 1.99. The molecule has 1 unspecified atom stereocenters. The number of thiophene rings is 1. The molecule has 0 bridgehead atoms. The molecule has 0 aliphatic carbocycles. The van der Waals surface area contributed by atoms with Gasteiger partial charge in [-0.05, 0) is 18.9 Å². The lowest BCUT2D eigenvalue weighted by atomic mass is 10.0. The molecule has 0 saturated carbocycles. The van der Waals surface area contributed by atoms with Crippen LogP contribution in [-0.4, -0.2) is 4.55 Å². The molecular weight excluding hydrogens is 240 g/mol. The van der Waals surface area contributed by atoms with Gasteiger partial charge in [-0.1, -0.05) is 75.5 Å². The molecule has 2 heteroatoms. The van der Waals surface area contributed by atoms with Gasteiger partial charge in [-0.2, -0.15) is 0 Å². The molecule has 0 N–H and O–H groups in total. The first-order valence-corrected chi connectivity index (χ1v) is 8.89. The summed E-state index contributed by atoms with van der Waals surface area (Å²) >= 11 is 0. The molecule has 0 fully saturated rings. The van der Waals surface area contributed by atoms with E-state index in [2.05, 4.69) is 6.92 Å². The zero-order chi connectivity index (χ0) is 13.1. The van der Waals surface area contributed by atoms with E-state index >= 15 is 0 Å². The first-order chi connectivity index (χ1) is 8.83. The second kappa shape index (κ2) is 10.6. The van der Waals surface area contributed by atoms with Crippen molar-refractivity contribution in [3.63, 3.8) is 0 Å². The highest BCUT2D eigenvalue weighted by Crippen LogP contribution is 2.18. The van der Waals surface area contributed by atoms with Gasteiger partial charge < -0.3 is 4.55 Å². The van der Waals surface area contributed by atoms with Crippen LogP contribution in [0.2, 0.25) is 0 Å². The standard InChI is InChI=1S/C16H28OS/c1-2-3-4-5-6-7-8-9-10-11-12-16-13-14-18(17)15-16/h13-15H,2-12H2,1H3. The minimum atomic E-state index is -0.810. The molecule has 0 spiro atoms. The average Bonchev–Trinajstić information content (AvgIpc) is 2.77. The lowest BCUT2D eigenvalue weighted by molar-refractivity contribution is 0.556. The highest BCUT2D eigenvalue weighted by molar-refractivity contribution is 7.21. The molecule has 0 saturated heterocycles. The van der Waals surface area contributed by atoms with Gasteiger partial charge in [0, 0.05) is 5.56 Å². The van der Waals surface area contributed by atoms with E-state index in [0.29, 0.717) is 0 Å². The largest absolute Gasteiger partial charge is 0.591 e. The van der Waals surface area contributed by atoms with Crippen molar-refractivity contribution in [3.05, 3.63) is 22.4 Å². The van der Waals surface area contributed by atoms with Crippen LogP contribution in [0.15, 0.2) is 16.8 Å². The zero-order valence-corrected chi connectivity index (χ0v) is 12.6. The molecule has 1 aromatic heterocycles. The first kappa shape index (κ1) is 15.7. The van der Waals surface area contributed by atoms with E-state index in [-0.39, 0.29) is 0 Å². The van der Waals surface area contributed by atoms with Crippen LogP contribution in [0.4, 0.5) is 0 Å². The van der Waals surface area contributed by atoms with Crippen molar-refractivity contribution < 1.29 is 4.55 Å². The highest BCUT2D eigenvalue weighted by atomic mass is 32.2. The minimum absolute atomic E-state index is 0.810. The lowest BCUT2D eigenvalue weighted by Crippen LogP contribution is -1.84. The zero-order valence-electron chi connectivity index (χ0n) is 11.8. The van der Waals surface area contributed by atoms with Gasteiger partial charge in [-0.25, -0.2) is 0 Å². The van der Waals surface area contributed by atoms with Crippen LogP contribution in [0.1, 0.15) is 76.7 Å². The molecular formula is C16H28OS. The molecule has 0 radical (unpaired) electrons. The fourth-order valence-electron chi connectivity index (χ4n) is 2.34. The molecule has 0 aliphatic heterocycles. The molecule has 18 heavy (non-hydrogen) atoms. The maximum atomic E-state index is 11.1. The quantitative estimate of drug-likeness (QED) is 0.363. The second-order valence-corrected chi connectivity index (χ2v) is 6.42. The van der Waals surface area contributed by atoms with E-state index in [9.17, 15) is 4.55 Å². The van der Waals surface area contributed by atoms with E-state index in [1.165, 1.54) is 69.8 Å². The maximum Gasteiger partial charge on any atom is 0.139 e. The van der Waals surface area contributed by atoms with E-state index in [0.717, 1.165) is 6.42 Å². The van der Waals surface area contributed by atoms with Crippen LogP contribution >= 0.6 is 10.8 Å². The first-order valence-electron chi connectivity index (χ1n) is 7.61. The van der Waals surface area contributed by atoms with Gasteiger partial charge in [-0.3, -0.25) is 0 Å². The van der Waals surface area contributed by atoms with E-state index in [1.54, 1.807) is 5.38 Å². The monoisotopic (exact) mass is 268 g/mol. The third-order valence-corrected chi connectivity index (χ3v) is 4.44. The number of hydrogen-bond acceptors (Lipinski definition) is 1. The van der Waals surface area contributed by atoms with Crippen LogP contribution in [0.3, 0.4) is 0 Å². The predicted octanol–water partition coefficient (Wildman–Crippen LogP) is 5.88. The molecule has 1 heterocycles.